The number of aromatic nitrogens is 2. The minimum atomic E-state index is -0.0939. The van der Waals surface area contributed by atoms with Crippen LogP contribution in [0.3, 0.4) is 0 Å². The lowest BCUT2D eigenvalue weighted by Gasteiger charge is -2.20. The van der Waals surface area contributed by atoms with Gasteiger partial charge in [-0.15, -0.1) is 0 Å². The number of likely N-dealkylation sites (N-methyl/N-ethyl adjacent to an activating group) is 1. The van der Waals surface area contributed by atoms with Crippen LogP contribution in [0.4, 0.5) is 5.69 Å². The summed E-state index contributed by atoms with van der Waals surface area (Å²) in [6.07, 6.45) is 3.02. The summed E-state index contributed by atoms with van der Waals surface area (Å²) in [6, 6.07) is 14.4. The molecule has 0 spiro atoms. The maximum Gasteiger partial charge on any atom is 0.255 e. The van der Waals surface area contributed by atoms with Crippen molar-refractivity contribution in [2.45, 2.75) is 19.0 Å². The molecule has 4 rings (SSSR count). The van der Waals surface area contributed by atoms with E-state index in [0.717, 1.165) is 36.2 Å². The number of carbonyl (C=O) groups is 1. The summed E-state index contributed by atoms with van der Waals surface area (Å²) in [5.74, 6) is -0.0939. The highest BCUT2D eigenvalue weighted by Gasteiger charge is 2.23. The Bertz CT molecular complexity index is 976. The standard InChI is InChI=1S/C22H27N5O/c1-25(2)20-10-11-27(15-20)14-16-4-6-17(7-5-16)22(28)24-19-8-9-21-18(12-19)13-23-26(21)3/h4-9,12-13,20H,10-11,14-15H2,1-3H3,(H,24,28)/t20-/m0/s1. The molecule has 28 heavy (non-hydrogen) atoms. The summed E-state index contributed by atoms with van der Waals surface area (Å²) in [5, 5.41) is 8.23. The minimum Gasteiger partial charge on any atom is -0.322 e. The van der Waals surface area contributed by atoms with E-state index in [1.165, 1.54) is 12.0 Å². The fourth-order valence-corrected chi connectivity index (χ4v) is 3.84. The van der Waals surface area contributed by atoms with E-state index in [1.807, 2.05) is 42.1 Å². The van der Waals surface area contributed by atoms with Gasteiger partial charge in [-0.3, -0.25) is 14.4 Å². The van der Waals surface area contributed by atoms with Crippen molar-refractivity contribution in [2.75, 3.05) is 32.5 Å². The van der Waals surface area contributed by atoms with Crippen LogP contribution < -0.4 is 5.32 Å². The van der Waals surface area contributed by atoms with Gasteiger partial charge in [-0.1, -0.05) is 12.1 Å². The van der Waals surface area contributed by atoms with E-state index in [4.69, 9.17) is 0 Å². The van der Waals surface area contributed by atoms with Crippen LogP contribution in [0.25, 0.3) is 10.9 Å². The number of aryl methyl sites for hydroxylation is 1. The smallest absolute Gasteiger partial charge is 0.255 e. The number of carbonyl (C=O) groups excluding carboxylic acids is 1. The predicted octanol–water partition coefficient (Wildman–Crippen LogP) is 2.96. The number of benzene rings is 2. The number of hydrogen-bond donors (Lipinski definition) is 1. The van der Waals surface area contributed by atoms with Crippen LogP contribution in [0, 0.1) is 0 Å². The molecule has 1 aliphatic heterocycles. The predicted molar refractivity (Wildman–Crippen MR) is 112 cm³/mol. The van der Waals surface area contributed by atoms with Crippen molar-refractivity contribution in [3.63, 3.8) is 0 Å². The first-order valence-corrected chi connectivity index (χ1v) is 9.70. The zero-order valence-electron chi connectivity index (χ0n) is 16.7. The van der Waals surface area contributed by atoms with E-state index in [1.54, 1.807) is 6.20 Å². The van der Waals surface area contributed by atoms with Gasteiger partial charge in [0.1, 0.15) is 0 Å². The van der Waals surface area contributed by atoms with Gasteiger partial charge in [0, 0.05) is 49.4 Å². The monoisotopic (exact) mass is 377 g/mol. The Hall–Kier alpha value is -2.70. The highest BCUT2D eigenvalue weighted by Crippen LogP contribution is 2.20. The molecule has 0 aliphatic carbocycles. The number of rotatable bonds is 5. The molecule has 3 aromatic rings. The van der Waals surface area contributed by atoms with Crippen molar-refractivity contribution < 1.29 is 4.79 Å². The van der Waals surface area contributed by atoms with Crippen LogP contribution >= 0.6 is 0 Å². The first kappa shape index (κ1) is 18.7. The van der Waals surface area contributed by atoms with Crippen molar-refractivity contribution in [2.24, 2.45) is 7.05 Å². The number of nitrogens with one attached hydrogen (secondary N) is 1. The summed E-state index contributed by atoms with van der Waals surface area (Å²) < 4.78 is 1.82. The zero-order valence-corrected chi connectivity index (χ0v) is 16.7. The van der Waals surface area contributed by atoms with Crippen LogP contribution in [-0.2, 0) is 13.6 Å². The average Bonchev–Trinajstić information content (AvgIpc) is 3.29. The van der Waals surface area contributed by atoms with E-state index >= 15 is 0 Å². The Morgan fingerprint density at radius 1 is 1.21 bits per heavy atom. The van der Waals surface area contributed by atoms with Gasteiger partial charge in [0.05, 0.1) is 11.7 Å². The van der Waals surface area contributed by atoms with Crippen molar-refractivity contribution in [3.8, 4) is 0 Å². The molecule has 0 unspecified atom stereocenters. The summed E-state index contributed by atoms with van der Waals surface area (Å²) in [5.41, 5.74) is 3.73. The van der Waals surface area contributed by atoms with E-state index in [0.29, 0.717) is 11.6 Å². The molecule has 6 nitrogen and oxygen atoms in total. The molecule has 1 atom stereocenters. The average molecular weight is 377 g/mol. The molecule has 1 fully saturated rings. The third kappa shape index (κ3) is 3.93. The summed E-state index contributed by atoms with van der Waals surface area (Å²) in [7, 11) is 6.20. The van der Waals surface area contributed by atoms with Crippen LogP contribution in [0.2, 0.25) is 0 Å². The molecule has 6 heteroatoms. The fourth-order valence-electron chi connectivity index (χ4n) is 3.84. The van der Waals surface area contributed by atoms with Crippen molar-refractivity contribution in [1.29, 1.82) is 0 Å². The lowest BCUT2D eigenvalue weighted by Crippen LogP contribution is -2.31. The van der Waals surface area contributed by atoms with Crippen LogP contribution in [-0.4, -0.2) is 58.7 Å². The van der Waals surface area contributed by atoms with Gasteiger partial charge in [-0.25, -0.2) is 0 Å². The Labute approximate surface area is 165 Å². The summed E-state index contributed by atoms with van der Waals surface area (Å²) in [6.45, 7) is 3.16. The Balaban J connectivity index is 1.38. The second kappa shape index (κ2) is 7.73. The highest BCUT2D eigenvalue weighted by molar-refractivity contribution is 6.05. The molecule has 1 aliphatic rings. The molecule has 2 aromatic carbocycles. The fraction of sp³-hybridized carbons (Fsp3) is 0.364. The normalized spacial score (nSPS) is 17.5. The number of fused-ring (bicyclic) bond motifs is 1. The molecular weight excluding hydrogens is 350 g/mol. The molecule has 0 radical (unpaired) electrons. The third-order valence-corrected chi connectivity index (χ3v) is 5.60. The van der Waals surface area contributed by atoms with Crippen molar-refractivity contribution in [3.05, 3.63) is 59.8 Å². The van der Waals surface area contributed by atoms with Crippen LogP contribution in [0.15, 0.2) is 48.7 Å². The molecular formula is C22H27N5O. The second-order valence-corrected chi connectivity index (χ2v) is 7.83. The molecule has 2 heterocycles. The first-order chi connectivity index (χ1) is 13.5. The zero-order chi connectivity index (χ0) is 19.7. The van der Waals surface area contributed by atoms with Gasteiger partial charge >= 0.3 is 0 Å². The lowest BCUT2D eigenvalue weighted by molar-refractivity contribution is 0.102. The van der Waals surface area contributed by atoms with Crippen LogP contribution in [0.5, 0.6) is 0 Å². The van der Waals surface area contributed by atoms with Crippen LogP contribution in [0.1, 0.15) is 22.3 Å². The minimum absolute atomic E-state index is 0.0939. The topological polar surface area (TPSA) is 53.4 Å². The van der Waals surface area contributed by atoms with Gasteiger partial charge in [0.15, 0.2) is 0 Å². The SMILES string of the molecule is CN(C)[C@H]1CCN(Cc2ccc(C(=O)Nc3ccc4c(cnn4C)c3)cc2)C1. The number of amides is 1. The highest BCUT2D eigenvalue weighted by atomic mass is 16.1. The maximum atomic E-state index is 12.6. The van der Waals surface area contributed by atoms with Gasteiger partial charge < -0.3 is 10.2 Å². The van der Waals surface area contributed by atoms with E-state index in [9.17, 15) is 4.79 Å². The lowest BCUT2D eigenvalue weighted by atomic mass is 10.1. The molecule has 1 aromatic heterocycles. The maximum absolute atomic E-state index is 12.6. The van der Waals surface area contributed by atoms with Gasteiger partial charge in [0.2, 0.25) is 0 Å². The third-order valence-electron chi connectivity index (χ3n) is 5.60. The largest absolute Gasteiger partial charge is 0.322 e. The van der Waals surface area contributed by atoms with E-state index in [2.05, 4.69) is 46.4 Å². The molecule has 1 saturated heterocycles. The summed E-state index contributed by atoms with van der Waals surface area (Å²) >= 11 is 0. The van der Waals surface area contributed by atoms with E-state index in [-0.39, 0.29) is 5.91 Å². The number of likely N-dealkylation sites (tertiary alicyclic amines) is 1. The number of nitrogens with zero attached hydrogens (tertiary/aromatic N) is 4. The number of hydrogen-bond acceptors (Lipinski definition) is 4. The van der Waals surface area contributed by atoms with Gasteiger partial charge in [-0.2, -0.15) is 5.10 Å². The molecule has 1 amide bonds. The molecule has 0 bridgehead atoms. The van der Waals surface area contributed by atoms with Crippen molar-refractivity contribution in [1.82, 2.24) is 19.6 Å². The van der Waals surface area contributed by atoms with Gasteiger partial charge in [0.25, 0.3) is 5.91 Å². The quantitative estimate of drug-likeness (QED) is 0.743. The Kier molecular flexibility index (Phi) is 5.15. The molecule has 146 valence electrons. The molecule has 1 N–H and O–H groups in total. The van der Waals surface area contributed by atoms with Gasteiger partial charge in [-0.05, 0) is 56.4 Å². The molecule has 0 saturated carbocycles. The Morgan fingerprint density at radius 2 is 2.00 bits per heavy atom. The summed E-state index contributed by atoms with van der Waals surface area (Å²) in [4.78, 5) is 17.4. The van der Waals surface area contributed by atoms with E-state index < -0.39 is 0 Å². The second-order valence-electron chi connectivity index (χ2n) is 7.83. The Morgan fingerprint density at radius 3 is 2.71 bits per heavy atom. The first-order valence-electron chi connectivity index (χ1n) is 9.70. The van der Waals surface area contributed by atoms with Crippen molar-refractivity contribution >= 4 is 22.5 Å². The number of anilines is 1.